The van der Waals surface area contributed by atoms with E-state index in [4.69, 9.17) is 0 Å². The van der Waals surface area contributed by atoms with E-state index in [0.29, 0.717) is 0 Å². The van der Waals surface area contributed by atoms with Crippen LogP contribution in [-0.4, -0.2) is 0 Å². The van der Waals surface area contributed by atoms with Crippen molar-refractivity contribution in [3.63, 3.8) is 0 Å². The quantitative estimate of drug-likeness (QED) is 0.160. The second kappa shape index (κ2) is 13.7. The van der Waals surface area contributed by atoms with Gasteiger partial charge in [-0.3, -0.25) is 0 Å². The van der Waals surface area contributed by atoms with Crippen LogP contribution < -0.4 is 4.90 Å². The molecule has 2 heteroatoms. The third kappa shape index (κ3) is 6.03. The molecule has 0 fully saturated rings. The maximum atomic E-state index is 2.36. The van der Waals surface area contributed by atoms with E-state index >= 15 is 0 Å². The van der Waals surface area contributed by atoms with Crippen LogP contribution in [0.1, 0.15) is 0 Å². The van der Waals surface area contributed by atoms with E-state index < -0.39 is 0 Å². The van der Waals surface area contributed by atoms with Crippen LogP contribution in [0.4, 0.5) is 17.1 Å². The first-order valence-corrected chi connectivity index (χ1v) is 19.2. The van der Waals surface area contributed by atoms with Gasteiger partial charge < -0.3 is 4.90 Å². The van der Waals surface area contributed by atoms with Crippen molar-refractivity contribution >= 4 is 59.3 Å². The SMILES string of the molecule is c1ccc(-c2cccc(N(c3ccc(-c4cccc(-c5ccc6ccccc6c5)c4)cc3)c3ccc(-c4ccc5c(c4)sc4ccccc45)cc3)c2)cc1. The standard InChI is InChI=1S/C52H35NS/c1-2-10-36(11-3-1)43-16-9-17-48(34-43)53(47-29-24-39(25-30-47)45-26-31-50-49-18-6-7-19-51(49)54-52(50)35-45)46-27-22-38(23-28-46)41-14-8-15-42(32-41)44-21-20-37-12-4-5-13-40(37)33-44/h1-35H. The van der Waals surface area contributed by atoms with Gasteiger partial charge in [0.25, 0.3) is 0 Å². The third-order valence-corrected chi connectivity index (χ3v) is 11.6. The van der Waals surface area contributed by atoms with Gasteiger partial charge in [-0.2, -0.15) is 0 Å². The van der Waals surface area contributed by atoms with Crippen molar-refractivity contribution in [2.75, 3.05) is 4.90 Å². The molecule has 0 aliphatic rings. The van der Waals surface area contributed by atoms with Crippen molar-refractivity contribution in [2.45, 2.75) is 0 Å². The summed E-state index contributed by atoms with van der Waals surface area (Å²) in [5.74, 6) is 0. The highest BCUT2D eigenvalue weighted by Crippen LogP contribution is 2.40. The van der Waals surface area contributed by atoms with Gasteiger partial charge in [-0.25, -0.2) is 0 Å². The van der Waals surface area contributed by atoms with Crippen LogP contribution in [0.2, 0.25) is 0 Å². The van der Waals surface area contributed by atoms with Crippen LogP contribution in [0.25, 0.3) is 75.5 Å². The first-order valence-electron chi connectivity index (χ1n) is 18.4. The molecular formula is C52H35NS. The molecule has 0 aliphatic heterocycles. The molecule has 0 amide bonds. The van der Waals surface area contributed by atoms with E-state index in [1.54, 1.807) is 0 Å². The summed E-state index contributed by atoms with van der Waals surface area (Å²) >= 11 is 1.86. The predicted octanol–water partition coefficient (Wildman–Crippen LogP) is 15.3. The van der Waals surface area contributed by atoms with Gasteiger partial charge in [0, 0.05) is 37.2 Å². The van der Waals surface area contributed by atoms with Crippen molar-refractivity contribution in [1.82, 2.24) is 0 Å². The normalized spacial score (nSPS) is 11.3. The minimum atomic E-state index is 1.11. The van der Waals surface area contributed by atoms with Crippen LogP contribution in [0.15, 0.2) is 212 Å². The fourth-order valence-corrected chi connectivity index (χ4v) is 8.81. The molecule has 0 saturated carbocycles. The molecule has 0 saturated heterocycles. The lowest BCUT2D eigenvalue weighted by Crippen LogP contribution is -2.10. The largest absolute Gasteiger partial charge is 0.310 e. The van der Waals surface area contributed by atoms with Gasteiger partial charge in [-0.05, 0) is 116 Å². The van der Waals surface area contributed by atoms with E-state index in [-0.39, 0.29) is 0 Å². The van der Waals surface area contributed by atoms with E-state index in [9.17, 15) is 0 Å². The molecule has 10 rings (SSSR count). The zero-order chi connectivity index (χ0) is 35.8. The van der Waals surface area contributed by atoms with Gasteiger partial charge in [0.2, 0.25) is 0 Å². The minimum Gasteiger partial charge on any atom is -0.310 e. The highest BCUT2D eigenvalue weighted by Gasteiger charge is 2.15. The number of hydrogen-bond donors (Lipinski definition) is 0. The van der Waals surface area contributed by atoms with E-state index in [1.165, 1.54) is 75.5 Å². The fourth-order valence-electron chi connectivity index (χ4n) is 7.66. The Bertz CT molecular complexity index is 2920. The van der Waals surface area contributed by atoms with E-state index in [0.717, 1.165) is 17.1 Å². The Balaban J connectivity index is 1.01. The number of hydrogen-bond acceptors (Lipinski definition) is 2. The third-order valence-electron chi connectivity index (χ3n) is 10.5. The molecule has 0 unspecified atom stereocenters. The van der Waals surface area contributed by atoms with Gasteiger partial charge in [0.05, 0.1) is 0 Å². The first kappa shape index (κ1) is 32.0. The summed E-state index contributed by atoms with van der Waals surface area (Å²) in [6.07, 6.45) is 0. The molecule has 9 aromatic carbocycles. The Labute approximate surface area is 319 Å². The molecule has 10 aromatic rings. The molecule has 54 heavy (non-hydrogen) atoms. The summed E-state index contributed by atoms with van der Waals surface area (Å²) in [7, 11) is 0. The van der Waals surface area contributed by atoms with Gasteiger partial charge >= 0.3 is 0 Å². The molecule has 0 spiro atoms. The first-order chi connectivity index (χ1) is 26.7. The topological polar surface area (TPSA) is 3.24 Å². The zero-order valence-electron chi connectivity index (χ0n) is 29.6. The Kier molecular flexibility index (Phi) is 8.09. The van der Waals surface area contributed by atoms with Gasteiger partial charge in [-0.15, -0.1) is 11.3 Å². The van der Waals surface area contributed by atoms with Crippen LogP contribution in [-0.2, 0) is 0 Å². The van der Waals surface area contributed by atoms with Crippen molar-refractivity contribution in [2.24, 2.45) is 0 Å². The average molecular weight is 706 g/mol. The second-order valence-electron chi connectivity index (χ2n) is 13.8. The number of anilines is 3. The number of benzene rings is 9. The van der Waals surface area contributed by atoms with Crippen molar-refractivity contribution in [3.8, 4) is 44.5 Å². The maximum Gasteiger partial charge on any atom is 0.0467 e. The number of nitrogens with zero attached hydrogens (tertiary/aromatic N) is 1. The highest BCUT2D eigenvalue weighted by atomic mass is 32.1. The lowest BCUT2D eigenvalue weighted by molar-refractivity contribution is 1.28. The number of fused-ring (bicyclic) bond motifs is 4. The Morgan fingerprint density at radius 3 is 1.52 bits per heavy atom. The molecule has 0 aliphatic carbocycles. The Morgan fingerprint density at radius 1 is 0.259 bits per heavy atom. The van der Waals surface area contributed by atoms with Crippen LogP contribution in [0, 0.1) is 0 Å². The van der Waals surface area contributed by atoms with Gasteiger partial charge in [0.1, 0.15) is 0 Å². The second-order valence-corrected chi connectivity index (χ2v) is 14.9. The van der Waals surface area contributed by atoms with E-state index in [2.05, 4.69) is 217 Å². The molecule has 0 bridgehead atoms. The predicted molar refractivity (Wildman–Crippen MR) is 233 cm³/mol. The minimum absolute atomic E-state index is 1.11. The summed E-state index contributed by atoms with van der Waals surface area (Å²) in [6, 6.07) is 77.1. The highest BCUT2D eigenvalue weighted by molar-refractivity contribution is 7.25. The lowest BCUT2D eigenvalue weighted by Gasteiger charge is -2.26. The molecular weight excluding hydrogens is 671 g/mol. The van der Waals surface area contributed by atoms with Crippen molar-refractivity contribution < 1.29 is 0 Å². The van der Waals surface area contributed by atoms with E-state index in [1.807, 2.05) is 11.3 Å². The van der Waals surface area contributed by atoms with Crippen LogP contribution in [0.3, 0.4) is 0 Å². The maximum absolute atomic E-state index is 2.36. The number of rotatable bonds is 7. The average Bonchev–Trinajstić information content (AvgIpc) is 3.63. The van der Waals surface area contributed by atoms with Gasteiger partial charge in [-0.1, -0.05) is 152 Å². The fraction of sp³-hybridized carbons (Fsp3) is 0. The van der Waals surface area contributed by atoms with Gasteiger partial charge in [0.15, 0.2) is 0 Å². The lowest BCUT2D eigenvalue weighted by atomic mass is 9.97. The molecule has 0 atom stereocenters. The summed E-state index contributed by atoms with van der Waals surface area (Å²) in [5, 5.41) is 5.17. The molecule has 0 radical (unpaired) electrons. The van der Waals surface area contributed by atoms with Crippen molar-refractivity contribution in [1.29, 1.82) is 0 Å². The van der Waals surface area contributed by atoms with Crippen molar-refractivity contribution in [3.05, 3.63) is 212 Å². The molecule has 0 N–H and O–H groups in total. The van der Waals surface area contributed by atoms with Crippen LogP contribution in [0.5, 0.6) is 0 Å². The van der Waals surface area contributed by atoms with Crippen LogP contribution >= 0.6 is 11.3 Å². The zero-order valence-corrected chi connectivity index (χ0v) is 30.4. The molecule has 1 heterocycles. The summed E-state index contributed by atoms with van der Waals surface area (Å²) in [5.41, 5.74) is 13.0. The Hall–Kier alpha value is -6.74. The molecule has 1 nitrogen and oxygen atoms in total. The monoisotopic (exact) mass is 705 g/mol. The smallest absolute Gasteiger partial charge is 0.0467 e. The molecule has 254 valence electrons. The summed E-state index contributed by atoms with van der Waals surface area (Å²) in [6.45, 7) is 0. The Morgan fingerprint density at radius 2 is 0.759 bits per heavy atom. The number of thiophene rings is 1. The summed E-state index contributed by atoms with van der Waals surface area (Å²) < 4.78 is 2.65. The summed E-state index contributed by atoms with van der Waals surface area (Å²) in [4.78, 5) is 2.36. The molecule has 1 aromatic heterocycles.